The monoisotopic (exact) mass is 363 g/mol. The number of ether oxygens (including phenoxy) is 1. The van der Waals surface area contributed by atoms with Gasteiger partial charge >= 0.3 is 0 Å². The average molecular weight is 363 g/mol. The molecule has 0 spiro atoms. The van der Waals surface area contributed by atoms with Gasteiger partial charge in [-0.3, -0.25) is 9.69 Å². The van der Waals surface area contributed by atoms with Gasteiger partial charge in [0, 0.05) is 26.2 Å². The first-order chi connectivity index (χ1) is 13.1. The van der Waals surface area contributed by atoms with E-state index >= 15 is 0 Å². The predicted octanol–water partition coefficient (Wildman–Crippen LogP) is 3.09. The Balaban J connectivity index is 1.53. The summed E-state index contributed by atoms with van der Waals surface area (Å²) in [5.74, 6) is 0.691. The number of amides is 1. The Morgan fingerprint density at radius 3 is 2.37 bits per heavy atom. The molecule has 2 aromatic carbocycles. The van der Waals surface area contributed by atoms with Crippen LogP contribution in [0, 0.1) is 25.2 Å². The van der Waals surface area contributed by atoms with Crippen molar-refractivity contribution in [2.75, 3.05) is 32.8 Å². The summed E-state index contributed by atoms with van der Waals surface area (Å²) in [7, 11) is 0. The fraction of sp³-hybridized carbons (Fsp3) is 0.364. The van der Waals surface area contributed by atoms with Crippen molar-refractivity contribution in [2.45, 2.75) is 19.9 Å². The van der Waals surface area contributed by atoms with Crippen LogP contribution in [0.5, 0.6) is 5.75 Å². The Kier molecular flexibility index (Phi) is 6.10. The quantitative estimate of drug-likeness (QED) is 0.819. The molecule has 1 aliphatic heterocycles. The molecule has 0 aromatic heterocycles. The highest BCUT2D eigenvalue weighted by atomic mass is 16.5. The lowest BCUT2D eigenvalue weighted by Crippen LogP contribution is -2.50. The van der Waals surface area contributed by atoms with Crippen molar-refractivity contribution in [3.63, 3.8) is 0 Å². The average Bonchev–Trinajstić information content (AvgIpc) is 2.70. The van der Waals surface area contributed by atoms with Gasteiger partial charge in [-0.25, -0.2) is 0 Å². The second-order valence-corrected chi connectivity index (χ2v) is 6.91. The minimum atomic E-state index is -0.271. The molecule has 1 unspecified atom stereocenters. The van der Waals surface area contributed by atoms with Crippen LogP contribution in [0.2, 0.25) is 0 Å². The molecule has 0 radical (unpaired) electrons. The van der Waals surface area contributed by atoms with Crippen LogP contribution in [0.15, 0.2) is 48.5 Å². The maximum atomic E-state index is 12.4. The number of rotatable bonds is 5. The molecule has 1 amide bonds. The molecule has 2 aromatic rings. The molecule has 1 atom stereocenters. The fourth-order valence-corrected chi connectivity index (χ4v) is 3.34. The molecule has 0 aliphatic carbocycles. The highest BCUT2D eigenvalue weighted by Crippen LogP contribution is 2.24. The van der Waals surface area contributed by atoms with Gasteiger partial charge in [0.05, 0.1) is 6.07 Å². The van der Waals surface area contributed by atoms with Crippen LogP contribution in [0.1, 0.15) is 22.7 Å². The molecule has 1 fully saturated rings. The van der Waals surface area contributed by atoms with Crippen molar-refractivity contribution in [1.29, 1.82) is 5.26 Å². The Hall–Kier alpha value is -2.84. The number of piperazine rings is 1. The molecule has 5 nitrogen and oxygen atoms in total. The van der Waals surface area contributed by atoms with Crippen LogP contribution >= 0.6 is 0 Å². The summed E-state index contributed by atoms with van der Waals surface area (Å²) in [5, 5.41) is 9.67. The third-order valence-electron chi connectivity index (χ3n) is 5.02. The molecule has 0 saturated carbocycles. The van der Waals surface area contributed by atoms with Gasteiger partial charge in [0.25, 0.3) is 5.91 Å². The Labute approximate surface area is 160 Å². The van der Waals surface area contributed by atoms with Crippen molar-refractivity contribution in [3.05, 3.63) is 65.2 Å². The molecule has 0 N–H and O–H groups in total. The Morgan fingerprint density at radius 2 is 1.74 bits per heavy atom. The number of hydrogen-bond donors (Lipinski definition) is 0. The zero-order valence-corrected chi connectivity index (χ0v) is 15.9. The van der Waals surface area contributed by atoms with Crippen molar-refractivity contribution < 1.29 is 9.53 Å². The summed E-state index contributed by atoms with van der Waals surface area (Å²) in [6.07, 6.45) is 0. The van der Waals surface area contributed by atoms with E-state index in [1.165, 1.54) is 0 Å². The number of nitrogens with zero attached hydrogens (tertiary/aromatic N) is 3. The number of carbonyl (C=O) groups excluding carboxylic acids is 1. The lowest BCUT2D eigenvalue weighted by Gasteiger charge is -2.37. The Bertz CT molecular complexity index is 818. The lowest BCUT2D eigenvalue weighted by molar-refractivity contribution is -0.135. The predicted molar refractivity (Wildman–Crippen MR) is 104 cm³/mol. The fourth-order valence-electron chi connectivity index (χ4n) is 3.34. The van der Waals surface area contributed by atoms with E-state index < -0.39 is 0 Å². The largest absolute Gasteiger partial charge is 0.484 e. The molecule has 140 valence electrons. The molecular weight excluding hydrogens is 338 g/mol. The molecule has 3 rings (SSSR count). The number of carbonyl (C=O) groups is 1. The van der Waals surface area contributed by atoms with Gasteiger partial charge in [-0.05, 0) is 37.1 Å². The number of hydrogen-bond acceptors (Lipinski definition) is 4. The molecule has 1 saturated heterocycles. The summed E-state index contributed by atoms with van der Waals surface area (Å²) in [4.78, 5) is 16.4. The van der Waals surface area contributed by atoms with E-state index in [0.29, 0.717) is 31.9 Å². The minimum Gasteiger partial charge on any atom is -0.484 e. The molecule has 27 heavy (non-hydrogen) atoms. The smallest absolute Gasteiger partial charge is 0.260 e. The van der Waals surface area contributed by atoms with Crippen molar-refractivity contribution in [1.82, 2.24) is 9.80 Å². The van der Waals surface area contributed by atoms with Crippen LogP contribution in [0.3, 0.4) is 0 Å². The highest BCUT2D eigenvalue weighted by molar-refractivity contribution is 5.77. The molecule has 1 aliphatic rings. The molecular formula is C22H25N3O2. The van der Waals surface area contributed by atoms with E-state index in [9.17, 15) is 10.1 Å². The van der Waals surface area contributed by atoms with Gasteiger partial charge in [0.15, 0.2) is 6.61 Å². The standard InChI is InChI=1S/C22H25N3O2/c1-17-7-9-19(10-8-17)27-16-22(26)25-13-11-24(12-14-25)21(15-23)20-6-4-3-5-18(20)2/h3-10,21H,11-14,16H2,1-2H3. The first kappa shape index (κ1) is 18.9. The van der Waals surface area contributed by atoms with Crippen molar-refractivity contribution >= 4 is 5.91 Å². The zero-order valence-electron chi connectivity index (χ0n) is 15.9. The summed E-state index contributed by atoms with van der Waals surface area (Å²) >= 11 is 0. The van der Waals surface area contributed by atoms with E-state index in [2.05, 4.69) is 11.0 Å². The zero-order chi connectivity index (χ0) is 19.2. The van der Waals surface area contributed by atoms with Crippen molar-refractivity contribution in [2.24, 2.45) is 0 Å². The van der Waals surface area contributed by atoms with E-state index in [1.54, 1.807) is 0 Å². The topological polar surface area (TPSA) is 56.6 Å². The normalized spacial score (nSPS) is 15.8. The molecule has 0 bridgehead atoms. The minimum absolute atomic E-state index is 0.0142. The molecule has 5 heteroatoms. The third kappa shape index (κ3) is 4.66. The van der Waals surface area contributed by atoms with Gasteiger partial charge in [0.2, 0.25) is 0 Å². The van der Waals surface area contributed by atoms with Gasteiger partial charge < -0.3 is 9.64 Å². The van der Waals surface area contributed by atoms with E-state index in [1.807, 2.05) is 67.3 Å². The van der Waals surface area contributed by atoms with Crippen LogP contribution in [0.25, 0.3) is 0 Å². The van der Waals surface area contributed by atoms with E-state index in [-0.39, 0.29) is 18.6 Å². The van der Waals surface area contributed by atoms with E-state index in [0.717, 1.165) is 16.7 Å². The second-order valence-electron chi connectivity index (χ2n) is 6.91. The van der Waals surface area contributed by atoms with Crippen LogP contribution < -0.4 is 4.74 Å². The highest BCUT2D eigenvalue weighted by Gasteiger charge is 2.27. The number of benzene rings is 2. The number of aryl methyl sites for hydroxylation is 2. The lowest BCUT2D eigenvalue weighted by atomic mass is 10.0. The first-order valence-corrected chi connectivity index (χ1v) is 9.25. The summed E-state index contributed by atoms with van der Waals surface area (Å²) in [5.41, 5.74) is 3.32. The maximum absolute atomic E-state index is 12.4. The summed E-state index contributed by atoms with van der Waals surface area (Å²) in [6.45, 7) is 6.68. The number of nitriles is 1. The Morgan fingerprint density at radius 1 is 1.07 bits per heavy atom. The SMILES string of the molecule is Cc1ccc(OCC(=O)N2CCN(C(C#N)c3ccccc3C)CC2)cc1. The van der Waals surface area contributed by atoms with Crippen LogP contribution in [-0.4, -0.2) is 48.5 Å². The van der Waals surface area contributed by atoms with Gasteiger partial charge in [-0.15, -0.1) is 0 Å². The third-order valence-corrected chi connectivity index (χ3v) is 5.02. The second kappa shape index (κ2) is 8.70. The van der Waals surface area contributed by atoms with Crippen LogP contribution in [0.4, 0.5) is 0 Å². The van der Waals surface area contributed by atoms with Gasteiger partial charge in [-0.2, -0.15) is 5.26 Å². The van der Waals surface area contributed by atoms with Gasteiger partial charge in [0.1, 0.15) is 11.8 Å². The maximum Gasteiger partial charge on any atom is 0.260 e. The van der Waals surface area contributed by atoms with Gasteiger partial charge in [-0.1, -0.05) is 42.0 Å². The molecule has 1 heterocycles. The van der Waals surface area contributed by atoms with Crippen LogP contribution in [-0.2, 0) is 4.79 Å². The first-order valence-electron chi connectivity index (χ1n) is 9.25. The van der Waals surface area contributed by atoms with Crippen molar-refractivity contribution in [3.8, 4) is 11.8 Å². The summed E-state index contributed by atoms with van der Waals surface area (Å²) < 4.78 is 5.60. The summed E-state index contributed by atoms with van der Waals surface area (Å²) in [6, 6.07) is 17.8. The van der Waals surface area contributed by atoms with E-state index in [4.69, 9.17) is 4.74 Å².